The number of hydrogen-bond donors (Lipinski definition) is 2. The normalized spacial score (nSPS) is 12.3. The molecule has 0 aliphatic rings. The van der Waals surface area contributed by atoms with E-state index in [-0.39, 0.29) is 11.6 Å². The molecule has 172 valence electrons. The quantitative estimate of drug-likeness (QED) is 0.395. The average Bonchev–Trinajstić information content (AvgIpc) is 3.53. The first-order valence-corrected chi connectivity index (χ1v) is 11.3. The molecule has 1 atom stereocenters. The van der Waals surface area contributed by atoms with Crippen LogP contribution in [0.4, 0.5) is 5.82 Å². The van der Waals surface area contributed by atoms with Crippen LogP contribution in [0.3, 0.4) is 0 Å². The summed E-state index contributed by atoms with van der Waals surface area (Å²) >= 11 is 0. The molecule has 0 aliphatic carbocycles. The predicted molar refractivity (Wildman–Crippen MR) is 135 cm³/mol. The van der Waals surface area contributed by atoms with Gasteiger partial charge < -0.3 is 14.9 Å². The van der Waals surface area contributed by atoms with Crippen molar-refractivity contribution in [2.24, 2.45) is 0 Å². The standard InChI is InChI=1S/C26H22N8O/c1-16-12-33(15-31-16)20-10-6-7-18-11-21(34(26(35)22(18)20)19-8-4-3-5-9-19)17(2)32-25-23-24(28-13-27-23)29-14-30-25/h3-15,17H,1-2H3,(H2,27,28,29,30,32). The maximum Gasteiger partial charge on any atom is 0.265 e. The number of aromatic nitrogens is 7. The smallest absolute Gasteiger partial charge is 0.265 e. The molecule has 4 heterocycles. The summed E-state index contributed by atoms with van der Waals surface area (Å²) < 4.78 is 3.66. The summed E-state index contributed by atoms with van der Waals surface area (Å²) in [4.78, 5) is 34.4. The van der Waals surface area contributed by atoms with Crippen LogP contribution in [0.25, 0.3) is 33.3 Å². The highest BCUT2D eigenvalue weighted by molar-refractivity contribution is 5.90. The molecule has 9 heteroatoms. The highest BCUT2D eigenvalue weighted by atomic mass is 16.1. The zero-order valence-corrected chi connectivity index (χ0v) is 19.2. The number of H-pyrrole nitrogens is 1. The fraction of sp³-hybridized carbons (Fsp3) is 0.115. The van der Waals surface area contributed by atoms with Crippen molar-refractivity contribution in [1.82, 2.24) is 34.1 Å². The van der Waals surface area contributed by atoms with Gasteiger partial charge in [-0.15, -0.1) is 0 Å². The third-order valence-corrected chi connectivity index (χ3v) is 6.08. The number of anilines is 1. The van der Waals surface area contributed by atoms with Gasteiger partial charge in [0.15, 0.2) is 11.5 Å². The molecular formula is C26H22N8O. The summed E-state index contributed by atoms with van der Waals surface area (Å²) in [7, 11) is 0. The third kappa shape index (κ3) is 3.54. The van der Waals surface area contributed by atoms with E-state index in [0.717, 1.165) is 28.1 Å². The van der Waals surface area contributed by atoms with E-state index in [1.165, 1.54) is 6.33 Å². The molecule has 35 heavy (non-hydrogen) atoms. The zero-order chi connectivity index (χ0) is 23.9. The second kappa shape index (κ2) is 8.21. The minimum atomic E-state index is -0.257. The molecule has 0 saturated heterocycles. The number of fused-ring (bicyclic) bond motifs is 2. The Bertz CT molecular complexity index is 1730. The van der Waals surface area contributed by atoms with Crippen molar-refractivity contribution in [2.45, 2.75) is 19.9 Å². The van der Waals surface area contributed by atoms with Gasteiger partial charge in [0.1, 0.15) is 11.8 Å². The molecule has 0 radical (unpaired) electrons. The third-order valence-electron chi connectivity index (χ3n) is 6.08. The van der Waals surface area contributed by atoms with Crippen LogP contribution in [0.2, 0.25) is 0 Å². The van der Waals surface area contributed by atoms with Crippen molar-refractivity contribution in [3.8, 4) is 11.4 Å². The van der Waals surface area contributed by atoms with E-state index in [2.05, 4.69) is 36.3 Å². The van der Waals surface area contributed by atoms with Crippen molar-refractivity contribution in [1.29, 1.82) is 0 Å². The predicted octanol–water partition coefficient (Wildman–Crippen LogP) is 4.32. The van der Waals surface area contributed by atoms with E-state index in [1.54, 1.807) is 17.2 Å². The van der Waals surface area contributed by atoms with Crippen LogP contribution >= 0.6 is 0 Å². The zero-order valence-electron chi connectivity index (χ0n) is 19.2. The monoisotopic (exact) mass is 462 g/mol. The Morgan fingerprint density at radius 2 is 1.86 bits per heavy atom. The Kier molecular flexibility index (Phi) is 4.88. The van der Waals surface area contributed by atoms with Crippen LogP contribution in [0.5, 0.6) is 0 Å². The van der Waals surface area contributed by atoms with Crippen LogP contribution in [0.1, 0.15) is 24.4 Å². The summed E-state index contributed by atoms with van der Waals surface area (Å²) in [6, 6.07) is 17.3. The van der Waals surface area contributed by atoms with Crippen molar-refractivity contribution < 1.29 is 0 Å². The van der Waals surface area contributed by atoms with Crippen LogP contribution in [0.15, 0.2) is 84.6 Å². The van der Waals surface area contributed by atoms with Gasteiger partial charge in [0.05, 0.1) is 35.5 Å². The highest BCUT2D eigenvalue weighted by Gasteiger charge is 2.20. The molecule has 0 fully saturated rings. The van der Waals surface area contributed by atoms with E-state index in [9.17, 15) is 4.79 Å². The number of rotatable bonds is 5. The first-order valence-electron chi connectivity index (χ1n) is 11.3. The molecule has 0 amide bonds. The fourth-order valence-electron chi connectivity index (χ4n) is 4.45. The molecule has 2 N–H and O–H groups in total. The van der Waals surface area contributed by atoms with Gasteiger partial charge in [-0.25, -0.2) is 19.9 Å². The van der Waals surface area contributed by atoms with Gasteiger partial charge >= 0.3 is 0 Å². The molecule has 4 aromatic heterocycles. The molecule has 0 bridgehead atoms. The van der Waals surface area contributed by atoms with E-state index in [4.69, 9.17) is 0 Å². The minimum Gasteiger partial charge on any atom is -0.360 e. The Labute approximate surface area is 200 Å². The molecule has 0 spiro atoms. The van der Waals surface area contributed by atoms with E-state index in [0.29, 0.717) is 22.4 Å². The lowest BCUT2D eigenvalue weighted by Gasteiger charge is -2.22. The number of hydrogen-bond acceptors (Lipinski definition) is 6. The number of imidazole rings is 2. The van der Waals surface area contributed by atoms with Crippen LogP contribution < -0.4 is 10.9 Å². The number of nitrogens with one attached hydrogen (secondary N) is 2. The maximum atomic E-state index is 14.1. The lowest BCUT2D eigenvalue weighted by Crippen LogP contribution is -2.26. The molecule has 9 nitrogen and oxygen atoms in total. The largest absolute Gasteiger partial charge is 0.360 e. The lowest BCUT2D eigenvalue weighted by atomic mass is 10.1. The fourth-order valence-corrected chi connectivity index (χ4v) is 4.45. The molecule has 2 aromatic carbocycles. The number of para-hydroxylation sites is 1. The van der Waals surface area contributed by atoms with Crippen molar-refractivity contribution >= 4 is 27.8 Å². The van der Waals surface area contributed by atoms with Crippen molar-refractivity contribution in [3.05, 3.63) is 102 Å². The first-order chi connectivity index (χ1) is 17.1. The first kappa shape index (κ1) is 20.8. The Hall–Kier alpha value is -4.79. The van der Waals surface area contributed by atoms with Gasteiger partial charge in [0.25, 0.3) is 5.56 Å². The van der Waals surface area contributed by atoms with Crippen molar-refractivity contribution in [2.75, 3.05) is 5.32 Å². The molecule has 6 rings (SSSR count). The Balaban J connectivity index is 1.57. The van der Waals surface area contributed by atoms with Gasteiger partial charge in [-0.2, -0.15) is 0 Å². The number of benzene rings is 2. The summed E-state index contributed by atoms with van der Waals surface area (Å²) in [5, 5.41) is 4.92. The maximum absolute atomic E-state index is 14.1. The van der Waals surface area contributed by atoms with Gasteiger partial charge in [-0.3, -0.25) is 9.36 Å². The van der Waals surface area contributed by atoms with E-state index in [1.807, 2.05) is 73.1 Å². The van der Waals surface area contributed by atoms with Crippen LogP contribution in [0, 0.1) is 6.92 Å². The SMILES string of the molecule is Cc1cn(-c2cccc3cc(C(C)Nc4ncnc5nc[nH]c45)n(-c4ccccc4)c(=O)c23)cn1. The molecule has 1 unspecified atom stereocenters. The number of pyridine rings is 1. The number of aromatic amines is 1. The summed E-state index contributed by atoms with van der Waals surface area (Å²) in [6.45, 7) is 3.94. The number of aryl methyl sites for hydroxylation is 1. The van der Waals surface area contributed by atoms with E-state index < -0.39 is 0 Å². The second-order valence-corrected chi connectivity index (χ2v) is 8.40. The molecule has 0 aliphatic heterocycles. The average molecular weight is 463 g/mol. The highest BCUT2D eigenvalue weighted by Crippen LogP contribution is 2.27. The van der Waals surface area contributed by atoms with Gasteiger partial charge in [-0.1, -0.05) is 30.3 Å². The molecule has 0 saturated carbocycles. The van der Waals surface area contributed by atoms with Crippen LogP contribution in [-0.2, 0) is 0 Å². The second-order valence-electron chi connectivity index (χ2n) is 8.40. The molecule has 6 aromatic rings. The Morgan fingerprint density at radius 3 is 2.66 bits per heavy atom. The summed E-state index contributed by atoms with van der Waals surface area (Å²) in [6.07, 6.45) is 6.72. The van der Waals surface area contributed by atoms with Gasteiger partial charge in [-0.05, 0) is 43.5 Å². The topological polar surface area (TPSA) is 106 Å². The minimum absolute atomic E-state index is 0.103. The van der Waals surface area contributed by atoms with Gasteiger partial charge in [0, 0.05) is 17.6 Å². The van der Waals surface area contributed by atoms with Crippen molar-refractivity contribution in [3.63, 3.8) is 0 Å². The lowest BCUT2D eigenvalue weighted by molar-refractivity contribution is 0.773. The van der Waals surface area contributed by atoms with Crippen LogP contribution in [-0.4, -0.2) is 34.1 Å². The Morgan fingerprint density at radius 1 is 1.00 bits per heavy atom. The summed E-state index contributed by atoms with van der Waals surface area (Å²) in [5.74, 6) is 0.620. The molecular weight excluding hydrogens is 440 g/mol. The summed E-state index contributed by atoms with van der Waals surface area (Å²) in [5.41, 5.74) is 4.46. The van der Waals surface area contributed by atoms with Gasteiger partial charge in [0.2, 0.25) is 0 Å². The van der Waals surface area contributed by atoms with E-state index >= 15 is 0 Å². The number of nitrogens with zero attached hydrogens (tertiary/aromatic N) is 6.